The molecule has 1 rings (SSSR count). The number of alkyl halides is 3. The van der Waals surface area contributed by atoms with Crippen molar-refractivity contribution in [1.82, 2.24) is 5.32 Å². The highest BCUT2D eigenvalue weighted by Gasteiger charge is 2.38. The summed E-state index contributed by atoms with van der Waals surface area (Å²) in [7, 11) is 1.20. The van der Waals surface area contributed by atoms with Gasteiger partial charge in [0.2, 0.25) is 0 Å². The number of aliphatic hydroxyl groups is 1. The van der Waals surface area contributed by atoms with E-state index in [1.54, 1.807) is 0 Å². The van der Waals surface area contributed by atoms with Crippen molar-refractivity contribution in [2.24, 2.45) is 0 Å². The molecule has 0 radical (unpaired) electrons. The Kier molecular flexibility index (Phi) is 5.08. The molecule has 0 aliphatic carbocycles. The third-order valence-electron chi connectivity index (χ3n) is 2.47. The summed E-state index contributed by atoms with van der Waals surface area (Å²) in [5, 5.41) is 21.3. The van der Waals surface area contributed by atoms with Gasteiger partial charge in [0.25, 0.3) is 5.91 Å². The molecule has 1 aromatic rings. The van der Waals surface area contributed by atoms with Gasteiger partial charge in [-0.15, -0.1) is 0 Å². The molecule has 0 saturated carbocycles. The zero-order chi connectivity index (χ0) is 16.2. The molecule has 1 unspecified atom stereocenters. The van der Waals surface area contributed by atoms with Crippen molar-refractivity contribution in [2.45, 2.75) is 12.3 Å². The molecule has 2 N–H and O–H groups in total. The van der Waals surface area contributed by atoms with Crippen molar-refractivity contribution in [3.63, 3.8) is 0 Å². The van der Waals surface area contributed by atoms with Crippen LogP contribution in [0.15, 0.2) is 18.2 Å². The lowest BCUT2D eigenvalue weighted by Gasteiger charge is -2.15. The predicted octanol–water partition coefficient (Wildman–Crippen LogP) is 1.26. The predicted molar refractivity (Wildman–Crippen MR) is 64.0 cm³/mol. The number of nitro groups is 1. The number of methoxy groups -OCH3 is 1. The SMILES string of the molecule is COc1ccc(C(=O)NCC(O)C(F)(F)F)cc1[N+](=O)[O-]. The molecule has 21 heavy (non-hydrogen) atoms. The highest BCUT2D eigenvalue weighted by Crippen LogP contribution is 2.27. The molecule has 0 saturated heterocycles. The summed E-state index contributed by atoms with van der Waals surface area (Å²) in [5.74, 6) is -1.07. The molecule has 0 aromatic heterocycles. The summed E-state index contributed by atoms with van der Waals surface area (Å²) in [5.41, 5.74) is -0.724. The highest BCUT2D eigenvalue weighted by molar-refractivity contribution is 5.95. The summed E-state index contributed by atoms with van der Waals surface area (Å²) >= 11 is 0. The Morgan fingerprint density at radius 1 is 1.52 bits per heavy atom. The van der Waals surface area contributed by atoms with Crippen LogP contribution in [0.25, 0.3) is 0 Å². The number of hydrogen-bond donors (Lipinski definition) is 2. The van der Waals surface area contributed by atoms with Crippen LogP contribution < -0.4 is 10.1 Å². The third kappa shape index (κ3) is 4.31. The van der Waals surface area contributed by atoms with Gasteiger partial charge in [-0.25, -0.2) is 0 Å². The van der Waals surface area contributed by atoms with Gasteiger partial charge in [-0.05, 0) is 12.1 Å². The van der Waals surface area contributed by atoms with Gasteiger partial charge >= 0.3 is 11.9 Å². The van der Waals surface area contributed by atoms with Gasteiger partial charge in [-0.3, -0.25) is 14.9 Å². The number of nitrogens with one attached hydrogen (secondary N) is 1. The third-order valence-corrected chi connectivity index (χ3v) is 2.47. The van der Waals surface area contributed by atoms with Crippen molar-refractivity contribution < 1.29 is 32.7 Å². The first kappa shape index (κ1) is 16.7. The molecule has 10 heteroatoms. The van der Waals surface area contributed by atoms with Crippen LogP contribution in [0.4, 0.5) is 18.9 Å². The molecule has 1 amide bonds. The second-order valence-corrected chi connectivity index (χ2v) is 3.91. The number of rotatable bonds is 5. The molecular weight excluding hydrogens is 297 g/mol. The van der Waals surface area contributed by atoms with E-state index in [1.807, 2.05) is 5.32 Å². The molecular formula is C11H11F3N2O5. The van der Waals surface area contributed by atoms with Crippen molar-refractivity contribution in [3.05, 3.63) is 33.9 Å². The first-order valence-electron chi connectivity index (χ1n) is 5.52. The first-order valence-corrected chi connectivity index (χ1v) is 5.52. The Morgan fingerprint density at radius 3 is 2.62 bits per heavy atom. The molecule has 1 atom stereocenters. The zero-order valence-corrected chi connectivity index (χ0v) is 10.7. The number of halogens is 3. The lowest BCUT2D eigenvalue weighted by Crippen LogP contribution is -2.40. The number of carbonyl (C=O) groups is 1. The molecule has 0 aliphatic rings. The standard InChI is InChI=1S/C11H11F3N2O5/c1-21-8-3-2-6(4-7(8)16(19)20)10(18)15-5-9(17)11(12,13)14/h2-4,9,17H,5H2,1H3,(H,15,18). The average molecular weight is 308 g/mol. The fourth-order valence-electron chi connectivity index (χ4n) is 1.38. The number of nitro benzene ring substituents is 1. The lowest BCUT2D eigenvalue weighted by atomic mass is 10.1. The summed E-state index contributed by atoms with van der Waals surface area (Å²) in [4.78, 5) is 21.6. The molecule has 116 valence electrons. The largest absolute Gasteiger partial charge is 0.490 e. The van der Waals surface area contributed by atoms with Crippen LogP contribution in [0.2, 0.25) is 0 Å². The van der Waals surface area contributed by atoms with E-state index < -0.39 is 35.3 Å². The number of hydrogen-bond acceptors (Lipinski definition) is 5. The highest BCUT2D eigenvalue weighted by atomic mass is 19.4. The van der Waals surface area contributed by atoms with Crippen molar-refractivity contribution in [3.8, 4) is 5.75 Å². The number of aliphatic hydroxyl groups excluding tert-OH is 1. The van der Waals surface area contributed by atoms with Crippen molar-refractivity contribution in [2.75, 3.05) is 13.7 Å². The van der Waals surface area contributed by atoms with Gasteiger partial charge in [-0.1, -0.05) is 0 Å². The van der Waals surface area contributed by atoms with E-state index in [1.165, 1.54) is 7.11 Å². The first-order chi connectivity index (χ1) is 9.66. The topological polar surface area (TPSA) is 102 Å². The minimum atomic E-state index is -4.86. The quantitative estimate of drug-likeness (QED) is 0.630. The van der Waals surface area contributed by atoms with E-state index in [2.05, 4.69) is 0 Å². The summed E-state index contributed by atoms with van der Waals surface area (Å²) in [6.45, 7) is -1.05. The van der Waals surface area contributed by atoms with Gasteiger partial charge in [0.15, 0.2) is 11.9 Å². The second-order valence-electron chi connectivity index (χ2n) is 3.91. The van der Waals surface area contributed by atoms with Gasteiger partial charge in [0.05, 0.1) is 18.6 Å². The minimum Gasteiger partial charge on any atom is -0.490 e. The maximum absolute atomic E-state index is 12.1. The number of ether oxygens (including phenoxy) is 1. The maximum atomic E-state index is 12.1. The van der Waals surface area contributed by atoms with Gasteiger partial charge in [-0.2, -0.15) is 13.2 Å². The molecule has 0 aliphatic heterocycles. The molecule has 0 heterocycles. The summed E-state index contributed by atoms with van der Waals surface area (Å²) in [6.07, 6.45) is -7.58. The number of nitrogens with zero attached hydrogens (tertiary/aromatic N) is 1. The Labute approximate surface area is 116 Å². The average Bonchev–Trinajstić information content (AvgIpc) is 2.42. The Hall–Kier alpha value is -2.36. The number of carbonyl (C=O) groups excluding carboxylic acids is 1. The summed E-state index contributed by atoms with van der Waals surface area (Å²) in [6, 6.07) is 3.17. The van der Waals surface area contributed by atoms with Crippen LogP contribution in [0.5, 0.6) is 5.75 Å². The smallest absolute Gasteiger partial charge is 0.416 e. The number of benzene rings is 1. The maximum Gasteiger partial charge on any atom is 0.416 e. The van der Waals surface area contributed by atoms with Crippen LogP contribution in [0.1, 0.15) is 10.4 Å². The van der Waals surface area contributed by atoms with E-state index in [4.69, 9.17) is 9.84 Å². The van der Waals surface area contributed by atoms with E-state index in [9.17, 15) is 28.1 Å². The van der Waals surface area contributed by atoms with Crippen LogP contribution >= 0.6 is 0 Å². The second kappa shape index (κ2) is 6.39. The minimum absolute atomic E-state index is 0.0909. The monoisotopic (exact) mass is 308 g/mol. The molecule has 0 fully saturated rings. The van der Waals surface area contributed by atoms with Gasteiger partial charge in [0, 0.05) is 11.6 Å². The van der Waals surface area contributed by atoms with E-state index >= 15 is 0 Å². The van der Waals surface area contributed by atoms with E-state index in [0.29, 0.717) is 0 Å². The van der Waals surface area contributed by atoms with Crippen molar-refractivity contribution in [1.29, 1.82) is 0 Å². The van der Waals surface area contributed by atoms with Crippen LogP contribution in [-0.2, 0) is 0 Å². The fourth-order valence-corrected chi connectivity index (χ4v) is 1.38. The molecule has 7 nitrogen and oxygen atoms in total. The fraction of sp³-hybridized carbons (Fsp3) is 0.364. The number of amides is 1. The van der Waals surface area contributed by atoms with Crippen LogP contribution in [0.3, 0.4) is 0 Å². The van der Waals surface area contributed by atoms with Crippen molar-refractivity contribution >= 4 is 11.6 Å². The Balaban J connectivity index is 2.84. The van der Waals surface area contributed by atoms with E-state index in [0.717, 1.165) is 18.2 Å². The molecule has 1 aromatic carbocycles. The Morgan fingerprint density at radius 2 is 2.14 bits per heavy atom. The van der Waals surface area contributed by atoms with Crippen LogP contribution in [0, 0.1) is 10.1 Å². The van der Waals surface area contributed by atoms with Gasteiger partial charge < -0.3 is 15.2 Å². The molecule has 0 spiro atoms. The zero-order valence-electron chi connectivity index (χ0n) is 10.7. The van der Waals surface area contributed by atoms with E-state index in [-0.39, 0.29) is 11.3 Å². The van der Waals surface area contributed by atoms with Gasteiger partial charge in [0.1, 0.15) is 0 Å². The Bertz CT molecular complexity index is 547. The normalized spacial score (nSPS) is 12.6. The molecule has 0 bridgehead atoms. The summed E-state index contributed by atoms with van der Waals surface area (Å²) < 4.78 is 40.9. The van der Waals surface area contributed by atoms with Crippen LogP contribution in [-0.4, -0.2) is 41.9 Å². The lowest BCUT2D eigenvalue weighted by molar-refractivity contribution is -0.385.